The average molecular weight is 484 g/mol. The van der Waals surface area contributed by atoms with Crippen molar-refractivity contribution in [2.24, 2.45) is 16.7 Å². The van der Waals surface area contributed by atoms with Gasteiger partial charge in [-0.25, -0.2) is 15.4 Å². The number of benzene rings is 1. The maximum absolute atomic E-state index is 12.8. The Morgan fingerprint density at radius 2 is 2.03 bits per heavy atom. The largest absolute Gasteiger partial charge is 0.489 e. The normalized spacial score (nSPS) is 15.0. The van der Waals surface area contributed by atoms with Crippen molar-refractivity contribution in [2.75, 3.05) is 39.5 Å². The Kier molecular flexibility index (Phi) is 9.56. The predicted octanol–water partition coefficient (Wildman–Crippen LogP) is 2.06. The van der Waals surface area contributed by atoms with E-state index < -0.39 is 6.67 Å². The summed E-state index contributed by atoms with van der Waals surface area (Å²) in [5.41, 5.74) is 9.48. The molecule has 0 spiro atoms. The van der Waals surface area contributed by atoms with Gasteiger partial charge in [0.05, 0.1) is 18.4 Å². The van der Waals surface area contributed by atoms with Gasteiger partial charge in [0.1, 0.15) is 24.9 Å². The van der Waals surface area contributed by atoms with Crippen LogP contribution in [0.2, 0.25) is 0 Å². The lowest BCUT2D eigenvalue weighted by Crippen LogP contribution is -2.47. The van der Waals surface area contributed by atoms with Crippen molar-refractivity contribution >= 4 is 17.8 Å². The fourth-order valence-corrected chi connectivity index (χ4v) is 3.81. The van der Waals surface area contributed by atoms with E-state index >= 15 is 0 Å². The number of ether oxygens (including phenoxy) is 1. The highest BCUT2D eigenvalue weighted by atomic mass is 19.1. The van der Waals surface area contributed by atoms with Crippen LogP contribution < -0.4 is 16.3 Å². The van der Waals surface area contributed by atoms with Gasteiger partial charge in [0.15, 0.2) is 0 Å². The third kappa shape index (κ3) is 8.34. The molecule has 1 amide bonds. The highest BCUT2D eigenvalue weighted by molar-refractivity contribution is 5.92. The van der Waals surface area contributed by atoms with Gasteiger partial charge in [0.25, 0.3) is 0 Å². The Hall–Kier alpha value is -3.50. The van der Waals surface area contributed by atoms with E-state index in [0.29, 0.717) is 37.8 Å². The third-order valence-electron chi connectivity index (χ3n) is 5.54. The fourth-order valence-electron chi connectivity index (χ4n) is 3.81. The van der Waals surface area contributed by atoms with Crippen molar-refractivity contribution in [1.82, 2.24) is 19.9 Å². The monoisotopic (exact) mass is 483 g/mol. The van der Waals surface area contributed by atoms with Crippen molar-refractivity contribution in [3.05, 3.63) is 65.0 Å². The minimum Gasteiger partial charge on any atom is -0.489 e. The maximum Gasteiger partial charge on any atom is 0.246 e. The van der Waals surface area contributed by atoms with Crippen molar-refractivity contribution in [3.8, 4) is 5.75 Å². The Morgan fingerprint density at radius 3 is 2.69 bits per heavy atom. The molecule has 1 aliphatic rings. The number of hydrogen-bond donors (Lipinski definition) is 2. The van der Waals surface area contributed by atoms with E-state index in [9.17, 15) is 9.18 Å². The van der Waals surface area contributed by atoms with E-state index in [1.165, 1.54) is 5.12 Å². The third-order valence-corrected chi connectivity index (χ3v) is 5.54. The van der Waals surface area contributed by atoms with Crippen molar-refractivity contribution in [1.29, 1.82) is 0 Å². The van der Waals surface area contributed by atoms with E-state index in [0.717, 1.165) is 35.5 Å². The summed E-state index contributed by atoms with van der Waals surface area (Å²) in [7, 11) is 0. The number of rotatable bonds is 10. The minimum atomic E-state index is -0.526. The first kappa shape index (κ1) is 26.1. The molecule has 10 heteroatoms. The summed E-state index contributed by atoms with van der Waals surface area (Å²) >= 11 is 0. The van der Waals surface area contributed by atoms with E-state index in [1.807, 2.05) is 42.2 Å². The topological polar surface area (TPSA) is 113 Å². The molecule has 0 aliphatic carbocycles. The zero-order valence-electron chi connectivity index (χ0n) is 20.4. The van der Waals surface area contributed by atoms with Crippen LogP contribution >= 0.6 is 0 Å². The van der Waals surface area contributed by atoms with Crippen molar-refractivity contribution in [3.63, 3.8) is 0 Å². The molecular formula is C25H34FN7O2. The summed E-state index contributed by atoms with van der Waals surface area (Å²) in [5, 5.41) is 5.34. The van der Waals surface area contributed by atoms with Crippen LogP contribution in [0.15, 0.2) is 47.7 Å². The van der Waals surface area contributed by atoms with Gasteiger partial charge in [-0.1, -0.05) is 23.8 Å². The van der Waals surface area contributed by atoms with Crippen LogP contribution in [0.5, 0.6) is 5.75 Å². The second kappa shape index (κ2) is 12.8. The van der Waals surface area contributed by atoms with Crippen LogP contribution in [0.4, 0.5) is 4.39 Å². The van der Waals surface area contributed by atoms with E-state index in [1.54, 1.807) is 25.3 Å². The molecule has 0 saturated carbocycles. The number of nitrogens with zero attached hydrogens (tertiary/aromatic N) is 5. The number of hydrogen-bond acceptors (Lipinski definition) is 7. The molecule has 0 atom stereocenters. The molecule has 1 fully saturated rings. The van der Waals surface area contributed by atoms with E-state index in [-0.39, 0.29) is 12.5 Å². The number of carbonyl (C=O) groups excluding carboxylic acids is 1. The zero-order chi connectivity index (χ0) is 25.2. The number of nitrogens with two attached hydrogens (primary N) is 2. The van der Waals surface area contributed by atoms with Crippen LogP contribution in [0, 0.1) is 6.92 Å². The quantitative estimate of drug-likeness (QED) is 0.175. The van der Waals surface area contributed by atoms with Crippen LogP contribution in [0.3, 0.4) is 0 Å². The summed E-state index contributed by atoms with van der Waals surface area (Å²) in [6, 6.07) is 9.68. The second-order valence-electron chi connectivity index (χ2n) is 8.50. The molecule has 1 aromatic carbocycles. The molecule has 3 rings (SSSR count). The smallest absolute Gasteiger partial charge is 0.246 e. The summed E-state index contributed by atoms with van der Waals surface area (Å²) in [5.74, 6) is 6.85. The van der Waals surface area contributed by atoms with Crippen molar-refractivity contribution < 1.29 is 13.9 Å². The Balaban J connectivity index is 1.53. The van der Waals surface area contributed by atoms with Crippen molar-refractivity contribution in [2.45, 2.75) is 26.9 Å². The predicted molar refractivity (Wildman–Crippen MR) is 135 cm³/mol. The van der Waals surface area contributed by atoms with Gasteiger partial charge in [-0.2, -0.15) is 0 Å². The summed E-state index contributed by atoms with van der Waals surface area (Å²) in [6.07, 6.45) is 5.05. The minimum absolute atomic E-state index is 0.0240. The number of hydrazine groups is 1. The van der Waals surface area contributed by atoms with Gasteiger partial charge in [-0.3, -0.25) is 14.7 Å². The lowest BCUT2D eigenvalue weighted by molar-refractivity contribution is -0.127. The van der Waals surface area contributed by atoms with Crippen LogP contribution in [-0.2, 0) is 17.9 Å². The number of halogens is 1. The zero-order valence-corrected chi connectivity index (χ0v) is 20.4. The SMILES string of the molecule is C/C(N)=N/N(N)Cc1cc(C)ccc1/C=C/C(=O)N1CCN(Cc2ccc(OCCF)cn2)CC1. The number of aryl methyl sites for hydroxylation is 1. The molecule has 9 nitrogen and oxygen atoms in total. The highest BCUT2D eigenvalue weighted by Gasteiger charge is 2.20. The number of pyridine rings is 1. The molecule has 0 radical (unpaired) electrons. The molecule has 1 aliphatic heterocycles. The maximum atomic E-state index is 12.8. The molecule has 0 bridgehead atoms. The molecule has 35 heavy (non-hydrogen) atoms. The van der Waals surface area contributed by atoms with Crippen LogP contribution in [0.1, 0.15) is 29.3 Å². The number of amides is 1. The Labute approximate surface area is 205 Å². The molecule has 188 valence electrons. The van der Waals surface area contributed by atoms with Gasteiger partial charge in [-0.15, -0.1) is 5.10 Å². The number of aromatic nitrogens is 1. The number of alkyl halides is 1. The number of carbonyl (C=O) groups is 1. The second-order valence-corrected chi connectivity index (χ2v) is 8.50. The average Bonchev–Trinajstić information content (AvgIpc) is 2.83. The standard InChI is InChI=1S/C25H34FN7O2/c1-19-3-4-21(22(15-19)17-33(28)30-20(2)27)5-8-25(34)32-12-10-31(11-13-32)18-23-6-7-24(16-29-23)35-14-9-26/h3-8,15-16H,9-14,17-18,28H2,1-2H3,(H2,27,30)/b8-5+. The molecule has 2 aromatic rings. The van der Waals surface area contributed by atoms with Crippen LogP contribution in [-0.4, -0.2) is 71.1 Å². The van der Waals surface area contributed by atoms with E-state index in [4.69, 9.17) is 16.3 Å². The lowest BCUT2D eigenvalue weighted by atomic mass is 10.0. The molecule has 1 aromatic heterocycles. The lowest BCUT2D eigenvalue weighted by Gasteiger charge is -2.34. The van der Waals surface area contributed by atoms with Gasteiger partial charge in [0.2, 0.25) is 5.91 Å². The Bertz CT molecular complexity index is 1030. The molecule has 1 saturated heterocycles. The fraction of sp³-hybridized carbons (Fsp3) is 0.400. The number of piperazine rings is 1. The first-order valence-electron chi connectivity index (χ1n) is 11.6. The highest BCUT2D eigenvalue weighted by Crippen LogP contribution is 2.16. The molecule has 4 N–H and O–H groups in total. The molecule has 0 unspecified atom stereocenters. The summed E-state index contributed by atoms with van der Waals surface area (Å²) in [6.45, 7) is 7.05. The van der Waals surface area contributed by atoms with Crippen LogP contribution in [0.25, 0.3) is 6.08 Å². The van der Waals surface area contributed by atoms with Gasteiger partial charge in [-0.05, 0) is 43.2 Å². The van der Waals surface area contributed by atoms with E-state index in [2.05, 4.69) is 15.0 Å². The van der Waals surface area contributed by atoms with Gasteiger partial charge >= 0.3 is 0 Å². The first-order valence-corrected chi connectivity index (χ1v) is 11.6. The van der Waals surface area contributed by atoms with Gasteiger partial charge < -0.3 is 15.4 Å². The number of amidine groups is 1. The molecular weight excluding hydrogens is 449 g/mol. The summed E-state index contributed by atoms with van der Waals surface area (Å²) < 4.78 is 17.4. The summed E-state index contributed by atoms with van der Waals surface area (Å²) in [4.78, 5) is 21.3. The molecule has 2 heterocycles. The number of hydrazone groups is 1. The van der Waals surface area contributed by atoms with Gasteiger partial charge in [0, 0.05) is 38.8 Å². The Morgan fingerprint density at radius 1 is 1.26 bits per heavy atom. The first-order chi connectivity index (χ1) is 16.8.